The van der Waals surface area contributed by atoms with Gasteiger partial charge in [-0.15, -0.1) is 11.3 Å². The van der Waals surface area contributed by atoms with Crippen molar-refractivity contribution in [3.05, 3.63) is 33.8 Å². The van der Waals surface area contributed by atoms with Crippen LogP contribution in [-0.4, -0.2) is 22.7 Å². The van der Waals surface area contributed by atoms with E-state index in [4.69, 9.17) is 21.4 Å². The van der Waals surface area contributed by atoms with Crippen molar-refractivity contribution in [1.29, 1.82) is 0 Å². The zero-order valence-corrected chi connectivity index (χ0v) is 10.7. The quantitative estimate of drug-likeness (QED) is 0.816. The van der Waals surface area contributed by atoms with E-state index in [0.717, 1.165) is 10.4 Å². The highest BCUT2D eigenvalue weighted by Crippen LogP contribution is 2.39. The average molecular weight is 282 g/mol. The second-order valence-electron chi connectivity index (χ2n) is 3.85. The van der Waals surface area contributed by atoms with E-state index >= 15 is 0 Å². The fourth-order valence-corrected chi connectivity index (χ4v) is 3.08. The molecule has 92 valence electrons. The van der Waals surface area contributed by atoms with Crippen LogP contribution in [0.4, 0.5) is 0 Å². The lowest BCUT2D eigenvalue weighted by Crippen LogP contribution is -1.99. The van der Waals surface area contributed by atoms with Crippen LogP contribution in [0.15, 0.2) is 18.2 Å². The number of carboxylic acid groups (broad SMARTS) is 1. The van der Waals surface area contributed by atoms with E-state index in [1.165, 1.54) is 11.3 Å². The van der Waals surface area contributed by atoms with Gasteiger partial charge in [-0.1, -0.05) is 11.6 Å². The molecule has 0 saturated heterocycles. The van der Waals surface area contributed by atoms with E-state index < -0.39 is 5.97 Å². The molecule has 0 radical (unpaired) electrons. The summed E-state index contributed by atoms with van der Waals surface area (Å²) in [6.45, 7) is 0.513. The highest BCUT2D eigenvalue weighted by Gasteiger charge is 2.22. The number of pyridine rings is 1. The highest BCUT2D eigenvalue weighted by molar-refractivity contribution is 7.17. The number of fused-ring (bicyclic) bond motifs is 3. The molecule has 0 saturated carbocycles. The second kappa shape index (κ2) is 4.26. The van der Waals surface area contributed by atoms with E-state index in [1.54, 1.807) is 18.2 Å². The van der Waals surface area contributed by atoms with E-state index in [0.29, 0.717) is 34.5 Å². The smallest absolute Gasteiger partial charge is 0.345 e. The summed E-state index contributed by atoms with van der Waals surface area (Å²) < 4.78 is 5.58. The van der Waals surface area contributed by atoms with Crippen LogP contribution in [0.5, 0.6) is 5.75 Å². The van der Waals surface area contributed by atoms with Crippen LogP contribution < -0.4 is 4.74 Å². The first-order valence-corrected chi connectivity index (χ1v) is 6.50. The van der Waals surface area contributed by atoms with E-state index in [1.807, 2.05) is 0 Å². The summed E-state index contributed by atoms with van der Waals surface area (Å²) in [6.07, 6.45) is 0.674. The number of thiophene rings is 1. The minimum atomic E-state index is -0.919. The van der Waals surface area contributed by atoms with Gasteiger partial charge in [-0.2, -0.15) is 0 Å². The Kier molecular flexibility index (Phi) is 2.72. The first-order chi connectivity index (χ1) is 8.65. The van der Waals surface area contributed by atoms with Crippen molar-refractivity contribution in [1.82, 2.24) is 4.98 Å². The lowest BCUT2D eigenvalue weighted by molar-refractivity contribution is 0.0702. The molecule has 2 aromatic heterocycles. The van der Waals surface area contributed by atoms with Crippen LogP contribution >= 0.6 is 22.9 Å². The van der Waals surface area contributed by atoms with Gasteiger partial charge in [0, 0.05) is 6.42 Å². The molecule has 3 heterocycles. The SMILES string of the molecule is O=C(O)c1cc2c(s1)-c1nc(Cl)ccc1OCC2. The van der Waals surface area contributed by atoms with Crippen LogP contribution in [0.1, 0.15) is 15.2 Å². The van der Waals surface area contributed by atoms with Crippen molar-refractivity contribution in [2.75, 3.05) is 6.61 Å². The minimum absolute atomic E-state index is 0.314. The molecule has 3 rings (SSSR count). The largest absolute Gasteiger partial charge is 0.491 e. The third kappa shape index (κ3) is 1.85. The van der Waals surface area contributed by atoms with E-state index in [9.17, 15) is 4.79 Å². The van der Waals surface area contributed by atoms with Crippen LogP contribution in [0.2, 0.25) is 5.15 Å². The van der Waals surface area contributed by atoms with Gasteiger partial charge in [-0.3, -0.25) is 0 Å². The molecule has 0 bridgehead atoms. The van der Waals surface area contributed by atoms with Gasteiger partial charge >= 0.3 is 5.97 Å². The maximum absolute atomic E-state index is 11.0. The number of aromatic carboxylic acids is 1. The molecule has 0 fully saturated rings. The number of aromatic nitrogens is 1. The Morgan fingerprint density at radius 1 is 1.50 bits per heavy atom. The van der Waals surface area contributed by atoms with E-state index in [-0.39, 0.29) is 0 Å². The summed E-state index contributed by atoms with van der Waals surface area (Å²) in [5.41, 5.74) is 1.58. The molecule has 0 atom stereocenters. The normalized spacial score (nSPS) is 13.2. The number of halogens is 1. The van der Waals surface area contributed by atoms with Gasteiger partial charge < -0.3 is 9.84 Å². The summed E-state index contributed by atoms with van der Waals surface area (Å²) in [5.74, 6) is -0.269. The van der Waals surface area contributed by atoms with Crippen LogP contribution in [0.3, 0.4) is 0 Å². The Morgan fingerprint density at radius 3 is 3.11 bits per heavy atom. The molecular formula is C12H8ClNO3S. The van der Waals surface area contributed by atoms with Crippen LogP contribution in [0, 0.1) is 0 Å². The number of nitrogens with zero attached hydrogens (tertiary/aromatic N) is 1. The zero-order valence-electron chi connectivity index (χ0n) is 9.14. The van der Waals surface area contributed by atoms with Gasteiger partial charge in [-0.05, 0) is 23.8 Å². The molecule has 18 heavy (non-hydrogen) atoms. The minimum Gasteiger partial charge on any atom is -0.491 e. The molecule has 0 spiro atoms. The lowest BCUT2D eigenvalue weighted by Gasteiger charge is -2.05. The van der Waals surface area contributed by atoms with Crippen LogP contribution in [-0.2, 0) is 6.42 Å². The molecule has 6 heteroatoms. The number of ether oxygens (including phenoxy) is 1. The topological polar surface area (TPSA) is 59.4 Å². The number of hydrogen-bond donors (Lipinski definition) is 1. The van der Waals surface area contributed by atoms with Gasteiger partial charge in [0.05, 0.1) is 11.5 Å². The Bertz CT molecular complexity index is 638. The van der Waals surface area contributed by atoms with Crippen LogP contribution in [0.25, 0.3) is 10.6 Å². The summed E-state index contributed by atoms with van der Waals surface area (Å²) >= 11 is 7.09. The molecule has 1 N–H and O–H groups in total. The van der Waals surface area contributed by atoms with Crippen molar-refractivity contribution in [2.45, 2.75) is 6.42 Å². The highest BCUT2D eigenvalue weighted by atomic mass is 35.5. The van der Waals surface area contributed by atoms with Crippen molar-refractivity contribution >= 4 is 28.9 Å². The number of hydrogen-bond acceptors (Lipinski definition) is 4. The molecule has 1 aliphatic heterocycles. The monoisotopic (exact) mass is 281 g/mol. The second-order valence-corrected chi connectivity index (χ2v) is 5.29. The summed E-state index contributed by atoms with van der Waals surface area (Å²) in [6, 6.07) is 5.11. The molecule has 0 amide bonds. The standard InChI is InChI=1S/C12H8ClNO3S/c13-9-2-1-7-10(14-9)11-6(3-4-17-7)5-8(18-11)12(15)16/h1-2,5H,3-4H2,(H,15,16). The van der Waals surface area contributed by atoms with Gasteiger partial charge in [0.15, 0.2) is 0 Å². The number of rotatable bonds is 1. The van der Waals surface area contributed by atoms with Crippen molar-refractivity contribution in [3.8, 4) is 16.3 Å². The summed E-state index contributed by atoms with van der Waals surface area (Å²) in [7, 11) is 0. The fraction of sp³-hybridized carbons (Fsp3) is 0.167. The molecule has 0 unspecified atom stereocenters. The molecule has 2 aromatic rings. The number of carboxylic acids is 1. The third-order valence-electron chi connectivity index (χ3n) is 2.69. The predicted octanol–water partition coefficient (Wildman–Crippen LogP) is 3.10. The number of carbonyl (C=O) groups is 1. The van der Waals surface area contributed by atoms with Gasteiger partial charge in [0.25, 0.3) is 0 Å². The van der Waals surface area contributed by atoms with Crippen molar-refractivity contribution < 1.29 is 14.6 Å². The Labute approximate surface area is 112 Å². The average Bonchev–Trinajstić information content (AvgIpc) is 2.68. The van der Waals surface area contributed by atoms with Gasteiger partial charge in [0.2, 0.25) is 0 Å². The van der Waals surface area contributed by atoms with Crippen molar-refractivity contribution in [2.24, 2.45) is 0 Å². The molecule has 0 aromatic carbocycles. The first-order valence-electron chi connectivity index (χ1n) is 5.31. The van der Waals surface area contributed by atoms with Crippen molar-refractivity contribution in [3.63, 3.8) is 0 Å². The first kappa shape index (κ1) is 11.5. The molecular weight excluding hydrogens is 274 g/mol. The molecule has 4 nitrogen and oxygen atoms in total. The summed E-state index contributed by atoms with van der Waals surface area (Å²) in [4.78, 5) is 16.4. The molecule has 1 aliphatic rings. The Morgan fingerprint density at radius 2 is 2.33 bits per heavy atom. The molecule has 0 aliphatic carbocycles. The third-order valence-corrected chi connectivity index (χ3v) is 4.07. The summed E-state index contributed by atoms with van der Waals surface area (Å²) in [5, 5.41) is 9.41. The maximum atomic E-state index is 11.0. The van der Waals surface area contributed by atoms with Gasteiger partial charge in [-0.25, -0.2) is 9.78 Å². The maximum Gasteiger partial charge on any atom is 0.345 e. The van der Waals surface area contributed by atoms with E-state index in [2.05, 4.69) is 4.98 Å². The lowest BCUT2D eigenvalue weighted by atomic mass is 10.1. The predicted molar refractivity (Wildman–Crippen MR) is 68.7 cm³/mol. The zero-order chi connectivity index (χ0) is 12.7. The van der Waals surface area contributed by atoms with Gasteiger partial charge in [0.1, 0.15) is 21.5 Å². The fourth-order valence-electron chi connectivity index (χ4n) is 1.89. The Balaban J connectivity index is 2.22. The Hall–Kier alpha value is -1.59.